The first kappa shape index (κ1) is 13.7. The van der Waals surface area contributed by atoms with Gasteiger partial charge in [0.25, 0.3) is 5.91 Å². The van der Waals surface area contributed by atoms with Crippen LogP contribution >= 0.6 is 12.4 Å². The molecule has 0 radical (unpaired) electrons. The Labute approximate surface area is 102 Å². The zero-order chi connectivity index (χ0) is 10.7. The highest BCUT2D eigenvalue weighted by Crippen LogP contribution is 2.13. The van der Waals surface area contributed by atoms with Crippen LogP contribution in [0.1, 0.15) is 6.42 Å². The van der Waals surface area contributed by atoms with E-state index in [1.807, 2.05) is 7.05 Å². The Morgan fingerprint density at radius 3 is 2.81 bits per heavy atom. The average molecular weight is 251 g/mol. The van der Waals surface area contributed by atoms with Gasteiger partial charge in [0.15, 0.2) is 0 Å². The number of amides is 1. The molecule has 2 atom stereocenters. The highest BCUT2D eigenvalue weighted by Gasteiger charge is 2.30. The van der Waals surface area contributed by atoms with E-state index in [2.05, 4.69) is 5.32 Å². The van der Waals surface area contributed by atoms with Crippen LogP contribution in [0.25, 0.3) is 0 Å². The maximum atomic E-state index is 12.0. The number of nitrogens with one attached hydrogen (secondary N) is 1. The summed E-state index contributed by atoms with van der Waals surface area (Å²) in [4.78, 5) is 13.8. The fourth-order valence-corrected chi connectivity index (χ4v) is 1.96. The van der Waals surface area contributed by atoms with Gasteiger partial charge in [-0.25, -0.2) is 0 Å². The van der Waals surface area contributed by atoms with Crippen LogP contribution in [0.3, 0.4) is 0 Å². The molecule has 2 rings (SSSR count). The summed E-state index contributed by atoms with van der Waals surface area (Å²) in [6.45, 7) is 3.48. The van der Waals surface area contributed by atoms with Crippen LogP contribution in [0.15, 0.2) is 0 Å². The van der Waals surface area contributed by atoms with Gasteiger partial charge in [-0.2, -0.15) is 0 Å². The van der Waals surface area contributed by atoms with E-state index in [1.54, 1.807) is 4.90 Å². The average Bonchev–Trinajstić information content (AvgIpc) is 2.82. The van der Waals surface area contributed by atoms with E-state index >= 15 is 0 Å². The number of halogens is 1. The van der Waals surface area contributed by atoms with Gasteiger partial charge in [0.05, 0.1) is 19.3 Å². The molecule has 0 aromatic carbocycles. The van der Waals surface area contributed by atoms with E-state index in [4.69, 9.17) is 9.47 Å². The van der Waals surface area contributed by atoms with Gasteiger partial charge < -0.3 is 19.7 Å². The van der Waals surface area contributed by atoms with Gasteiger partial charge in [-0.3, -0.25) is 4.79 Å². The van der Waals surface area contributed by atoms with Gasteiger partial charge in [0.1, 0.15) is 6.10 Å². The SMILES string of the molecule is CN(C(=O)[C@H]1CNCCO1)C1CCOC1.Cl. The van der Waals surface area contributed by atoms with Crippen molar-refractivity contribution in [3.8, 4) is 0 Å². The molecule has 5 nitrogen and oxygen atoms in total. The Hall–Kier alpha value is -0.360. The number of ether oxygens (including phenoxy) is 2. The molecule has 2 fully saturated rings. The molecule has 1 amide bonds. The summed E-state index contributed by atoms with van der Waals surface area (Å²) in [6, 6.07) is 0.225. The number of morpholine rings is 1. The Balaban J connectivity index is 0.00000128. The van der Waals surface area contributed by atoms with E-state index in [9.17, 15) is 4.79 Å². The number of hydrogen-bond donors (Lipinski definition) is 1. The summed E-state index contributed by atoms with van der Waals surface area (Å²) in [5.41, 5.74) is 0. The van der Waals surface area contributed by atoms with Crippen molar-refractivity contribution in [2.75, 3.05) is 40.0 Å². The summed E-state index contributed by atoms with van der Waals surface area (Å²) in [5, 5.41) is 3.16. The molecule has 0 aliphatic carbocycles. The van der Waals surface area contributed by atoms with Gasteiger partial charge in [-0.05, 0) is 6.42 Å². The Bertz CT molecular complexity index is 228. The fraction of sp³-hybridized carbons (Fsp3) is 0.900. The standard InChI is InChI=1S/C10H18N2O3.ClH/c1-12(8-2-4-14-7-8)10(13)9-6-11-3-5-15-9;/h8-9,11H,2-7H2,1H3;1H/t8?,9-;/m1./s1. The summed E-state index contributed by atoms with van der Waals surface area (Å²) in [7, 11) is 1.83. The maximum Gasteiger partial charge on any atom is 0.253 e. The van der Waals surface area contributed by atoms with Crippen LogP contribution < -0.4 is 5.32 Å². The van der Waals surface area contributed by atoms with Gasteiger partial charge in [0, 0.05) is 26.7 Å². The van der Waals surface area contributed by atoms with E-state index in [0.717, 1.165) is 19.6 Å². The van der Waals surface area contributed by atoms with E-state index in [-0.39, 0.29) is 30.5 Å². The predicted octanol–water partition coefficient (Wildman–Crippen LogP) is -0.356. The monoisotopic (exact) mass is 250 g/mol. The van der Waals surface area contributed by atoms with Crippen molar-refractivity contribution in [3.63, 3.8) is 0 Å². The second-order valence-corrected chi connectivity index (χ2v) is 4.03. The predicted molar refractivity (Wildman–Crippen MR) is 61.9 cm³/mol. The van der Waals surface area contributed by atoms with Crippen LogP contribution in [-0.4, -0.2) is 62.9 Å². The summed E-state index contributed by atoms with van der Waals surface area (Å²) < 4.78 is 10.7. The normalized spacial score (nSPS) is 29.6. The van der Waals surface area contributed by atoms with Crippen molar-refractivity contribution in [3.05, 3.63) is 0 Å². The molecule has 2 aliphatic rings. The number of likely N-dealkylation sites (N-methyl/N-ethyl adjacent to an activating group) is 1. The van der Waals surface area contributed by atoms with Gasteiger partial charge in [0.2, 0.25) is 0 Å². The first-order valence-corrected chi connectivity index (χ1v) is 5.46. The summed E-state index contributed by atoms with van der Waals surface area (Å²) in [6.07, 6.45) is 0.618. The molecule has 2 aliphatic heterocycles. The van der Waals surface area contributed by atoms with Gasteiger partial charge in [-0.1, -0.05) is 0 Å². The fourth-order valence-electron chi connectivity index (χ4n) is 1.96. The number of rotatable bonds is 2. The lowest BCUT2D eigenvalue weighted by atomic mass is 10.2. The van der Waals surface area contributed by atoms with Crippen molar-refractivity contribution in [2.24, 2.45) is 0 Å². The van der Waals surface area contributed by atoms with Crippen molar-refractivity contribution >= 4 is 18.3 Å². The molecule has 6 heteroatoms. The molecule has 2 heterocycles. The molecular weight excluding hydrogens is 232 g/mol. The lowest BCUT2D eigenvalue weighted by Crippen LogP contribution is -2.51. The molecule has 16 heavy (non-hydrogen) atoms. The third-order valence-corrected chi connectivity index (χ3v) is 3.00. The topological polar surface area (TPSA) is 50.8 Å². The second kappa shape index (κ2) is 6.39. The van der Waals surface area contributed by atoms with Crippen molar-refractivity contribution in [1.29, 1.82) is 0 Å². The van der Waals surface area contributed by atoms with E-state index in [1.165, 1.54) is 0 Å². The second-order valence-electron chi connectivity index (χ2n) is 4.03. The first-order chi connectivity index (χ1) is 7.29. The Kier molecular flexibility index (Phi) is 5.48. The Morgan fingerprint density at radius 2 is 2.25 bits per heavy atom. The lowest BCUT2D eigenvalue weighted by molar-refractivity contribution is -0.146. The van der Waals surface area contributed by atoms with Crippen LogP contribution in [0, 0.1) is 0 Å². The molecular formula is C10H19ClN2O3. The molecule has 0 aromatic rings. The highest BCUT2D eigenvalue weighted by molar-refractivity contribution is 5.85. The van der Waals surface area contributed by atoms with E-state index in [0.29, 0.717) is 19.8 Å². The van der Waals surface area contributed by atoms with Crippen molar-refractivity contribution < 1.29 is 14.3 Å². The van der Waals surface area contributed by atoms with Crippen molar-refractivity contribution in [1.82, 2.24) is 10.2 Å². The molecule has 0 saturated carbocycles. The minimum Gasteiger partial charge on any atom is -0.379 e. The lowest BCUT2D eigenvalue weighted by Gasteiger charge is -2.30. The Morgan fingerprint density at radius 1 is 1.44 bits per heavy atom. The number of nitrogens with zero attached hydrogens (tertiary/aromatic N) is 1. The van der Waals surface area contributed by atoms with Crippen LogP contribution in [0.2, 0.25) is 0 Å². The number of carbonyl (C=O) groups excluding carboxylic acids is 1. The largest absolute Gasteiger partial charge is 0.379 e. The molecule has 94 valence electrons. The van der Waals surface area contributed by atoms with Gasteiger partial charge in [-0.15, -0.1) is 12.4 Å². The zero-order valence-electron chi connectivity index (χ0n) is 9.48. The molecule has 0 bridgehead atoms. The zero-order valence-corrected chi connectivity index (χ0v) is 10.3. The van der Waals surface area contributed by atoms with Crippen LogP contribution in [-0.2, 0) is 14.3 Å². The molecule has 0 spiro atoms. The van der Waals surface area contributed by atoms with Crippen LogP contribution in [0.4, 0.5) is 0 Å². The highest BCUT2D eigenvalue weighted by atomic mass is 35.5. The number of carbonyl (C=O) groups is 1. The molecule has 0 aromatic heterocycles. The maximum absolute atomic E-state index is 12.0. The minimum absolute atomic E-state index is 0. The molecule has 2 saturated heterocycles. The third-order valence-electron chi connectivity index (χ3n) is 3.00. The number of hydrogen-bond acceptors (Lipinski definition) is 4. The van der Waals surface area contributed by atoms with Crippen molar-refractivity contribution in [2.45, 2.75) is 18.6 Å². The minimum atomic E-state index is -0.315. The summed E-state index contributed by atoms with van der Waals surface area (Å²) >= 11 is 0. The van der Waals surface area contributed by atoms with Crippen LogP contribution in [0.5, 0.6) is 0 Å². The third kappa shape index (κ3) is 3.07. The molecule has 1 N–H and O–H groups in total. The van der Waals surface area contributed by atoms with E-state index < -0.39 is 0 Å². The smallest absolute Gasteiger partial charge is 0.253 e. The van der Waals surface area contributed by atoms with Gasteiger partial charge >= 0.3 is 0 Å². The first-order valence-electron chi connectivity index (χ1n) is 5.46. The quantitative estimate of drug-likeness (QED) is 0.728. The molecule has 1 unspecified atom stereocenters. The summed E-state index contributed by atoms with van der Waals surface area (Å²) in [5.74, 6) is 0.0673.